The summed E-state index contributed by atoms with van der Waals surface area (Å²) >= 11 is 0. The van der Waals surface area contributed by atoms with Gasteiger partial charge < -0.3 is 15.4 Å². The lowest BCUT2D eigenvalue weighted by atomic mass is 10.1. The van der Waals surface area contributed by atoms with E-state index in [1.807, 2.05) is 0 Å². The molecule has 3 aromatic carbocycles. The standard InChI is InChI=1S/C24H25N3O5S/c1-16(18-7-6-8-19(15-18)27-33(3,30)31)25-24(29)21-9-4-5-10-22(21)26-23(28)17-11-13-20(32-2)14-12-17/h4-16,27H,1-3H3,(H,25,29)(H,26,28). The molecule has 3 rings (SSSR count). The van der Waals surface area contributed by atoms with Gasteiger partial charge in [-0.15, -0.1) is 0 Å². The maximum absolute atomic E-state index is 13.0. The van der Waals surface area contributed by atoms with Gasteiger partial charge in [-0.1, -0.05) is 24.3 Å². The predicted molar refractivity (Wildman–Crippen MR) is 128 cm³/mol. The van der Waals surface area contributed by atoms with Crippen LogP contribution in [-0.4, -0.2) is 33.6 Å². The van der Waals surface area contributed by atoms with E-state index in [1.54, 1.807) is 86.8 Å². The Bertz CT molecular complexity index is 1260. The average Bonchev–Trinajstić information content (AvgIpc) is 2.78. The third kappa shape index (κ3) is 6.56. The number of amides is 2. The minimum atomic E-state index is -3.41. The van der Waals surface area contributed by atoms with E-state index < -0.39 is 16.1 Å². The molecule has 0 aliphatic carbocycles. The van der Waals surface area contributed by atoms with E-state index in [4.69, 9.17) is 4.74 Å². The number of nitrogens with one attached hydrogen (secondary N) is 3. The number of hydrogen-bond acceptors (Lipinski definition) is 5. The van der Waals surface area contributed by atoms with Gasteiger partial charge in [0.05, 0.1) is 30.7 Å². The molecule has 1 unspecified atom stereocenters. The first-order valence-electron chi connectivity index (χ1n) is 10.1. The van der Waals surface area contributed by atoms with Crippen LogP contribution in [0.15, 0.2) is 72.8 Å². The summed E-state index contributed by atoms with van der Waals surface area (Å²) in [7, 11) is -1.87. The first-order chi connectivity index (χ1) is 15.7. The highest BCUT2D eigenvalue weighted by molar-refractivity contribution is 7.92. The van der Waals surface area contributed by atoms with Crippen molar-refractivity contribution < 1.29 is 22.7 Å². The number of ether oxygens (including phenoxy) is 1. The number of methoxy groups -OCH3 is 1. The Morgan fingerprint density at radius 2 is 1.61 bits per heavy atom. The van der Waals surface area contributed by atoms with Crippen LogP contribution in [0.25, 0.3) is 0 Å². The SMILES string of the molecule is COc1ccc(C(=O)Nc2ccccc2C(=O)NC(C)c2cccc(NS(C)(=O)=O)c2)cc1. The zero-order valence-electron chi connectivity index (χ0n) is 18.5. The number of rotatable bonds is 8. The van der Waals surface area contributed by atoms with Crippen LogP contribution < -0.4 is 20.1 Å². The van der Waals surface area contributed by atoms with Crippen LogP contribution in [0.5, 0.6) is 5.75 Å². The van der Waals surface area contributed by atoms with E-state index in [0.717, 1.165) is 11.8 Å². The maximum atomic E-state index is 13.0. The highest BCUT2D eigenvalue weighted by Crippen LogP contribution is 2.21. The van der Waals surface area contributed by atoms with Gasteiger partial charge in [0.15, 0.2) is 0 Å². The number of benzene rings is 3. The number of carbonyl (C=O) groups is 2. The third-order valence-corrected chi connectivity index (χ3v) is 5.42. The van der Waals surface area contributed by atoms with Crippen LogP contribution in [0, 0.1) is 0 Å². The molecule has 0 aliphatic heterocycles. The van der Waals surface area contributed by atoms with Gasteiger partial charge in [0.1, 0.15) is 5.75 Å². The Balaban J connectivity index is 1.74. The lowest BCUT2D eigenvalue weighted by Gasteiger charge is -2.17. The molecule has 0 spiro atoms. The lowest BCUT2D eigenvalue weighted by molar-refractivity contribution is 0.0940. The summed E-state index contributed by atoms with van der Waals surface area (Å²) < 4.78 is 30.5. The van der Waals surface area contributed by atoms with Crippen molar-refractivity contribution in [3.05, 3.63) is 89.5 Å². The molecule has 33 heavy (non-hydrogen) atoms. The van der Waals surface area contributed by atoms with E-state index in [9.17, 15) is 18.0 Å². The molecule has 0 radical (unpaired) electrons. The Hall–Kier alpha value is -3.85. The molecular weight excluding hydrogens is 442 g/mol. The molecule has 0 saturated heterocycles. The molecule has 3 N–H and O–H groups in total. The van der Waals surface area contributed by atoms with Crippen LogP contribution in [-0.2, 0) is 10.0 Å². The number of carbonyl (C=O) groups excluding carboxylic acids is 2. The van der Waals surface area contributed by atoms with Crippen molar-refractivity contribution in [3.63, 3.8) is 0 Å². The molecule has 0 bridgehead atoms. The van der Waals surface area contributed by atoms with E-state index in [-0.39, 0.29) is 11.8 Å². The minimum Gasteiger partial charge on any atom is -0.497 e. The molecule has 0 heterocycles. The number of hydrogen-bond donors (Lipinski definition) is 3. The largest absolute Gasteiger partial charge is 0.497 e. The summed E-state index contributed by atoms with van der Waals surface area (Å²) in [5, 5.41) is 5.66. The summed E-state index contributed by atoms with van der Waals surface area (Å²) in [4.78, 5) is 25.6. The van der Waals surface area contributed by atoms with Gasteiger partial charge in [0, 0.05) is 11.3 Å². The fourth-order valence-corrected chi connectivity index (χ4v) is 3.73. The molecule has 2 amide bonds. The second kappa shape index (κ2) is 10.2. The topological polar surface area (TPSA) is 114 Å². The maximum Gasteiger partial charge on any atom is 0.255 e. The molecule has 0 aromatic heterocycles. The molecule has 9 heteroatoms. The molecular formula is C24H25N3O5S. The van der Waals surface area contributed by atoms with Gasteiger partial charge in [-0.25, -0.2) is 8.42 Å². The molecule has 172 valence electrons. The molecule has 0 aliphatic rings. The second-order valence-electron chi connectivity index (χ2n) is 7.42. The fourth-order valence-electron chi connectivity index (χ4n) is 3.17. The Labute approximate surface area is 193 Å². The number of sulfonamides is 1. The van der Waals surface area contributed by atoms with Crippen LogP contribution in [0.3, 0.4) is 0 Å². The predicted octanol–water partition coefficient (Wildman–Crippen LogP) is 3.81. The minimum absolute atomic E-state index is 0.302. The summed E-state index contributed by atoms with van der Waals surface area (Å²) in [6.45, 7) is 1.79. The van der Waals surface area contributed by atoms with Crippen molar-refractivity contribution in [1.29, 1.82) is 0 Å². The lowest BCUT2D eigenvalue weighted by Crippen LogP contribution is -2.28. The van der Waals surface area contributed by atoms with Crippen molar-refractivity contribution in [3.8, 4) is 5.75 Å². The monoisotopic (exact) mass is 467 g/mol. The first kappa shape index (κ1) is 23.8. The van der Waals surface area contributed by atoms with Crippen molar-refractivity contribution in [2.75, 3.05) is 23.4 Å². The van der Waals surface area contributed by atoms with Gasteiger partial charge >= 0.3 is 0 Å². The van der Waals surface area contributed by atoms with Gasteiger partial charge in [-0.3, -0.25) is 14.3 Å². The van der Waals surface area contributed by atoms with Crippen LogP contribution in [0.2, 0.25) is 0 Å². The Kier molecular flexibility index (Phi) is 7.34. The Morgan fingerprint density at radius 3 is 2.27 bits per heavy atom. The summed E-state index contributed by atoms with van der Waals surface area (Å²) in [5.74, 6) is -0.101. The van der Waals surface area contributed by atoms with Gasteiger partial charge in [-0.05, 0) is 61.0 Å². The van der Waals surface area contributed by atoms with Crippen LogP contribution in [0.4, 0.5) is 11.4 Å². The van der Waals surface area contributed by atoms with Crippen molar-refractivity contribution in [1.82, 2.24) is 5.32 Å². The quantitative estimate of drug-likeness (QED) is 0.466. The first-order valence-corrected chi connectivity index (χ1v) is 12.0. The Morgan fingerprint density at radius 1 is 0.909 bits per heavy atom. The van der Waals surface area contributed by atoms with E-state index >= 15 is 0 Å². The highest BCUT2D eigenvalue weighted by Gasteiger charge is 2.17. The second-order valence-corrected chi connectivity index (χ2v) is 9.17. The molecule has 8 nitrogen and oxygen atoms in total. The van der Waals surface area contributed by atoms with Crippen LogP contribution in [0.1, 0.15) is 39.2 Å². The summed E-state index contributed by atoms with van der Waals surface area (Å²) in [5.41, 5.74) is 2.22. The van der Waals surface area contributed by atoms with Gasteiger partial charge in [-0.2, -0.15) is 0 Å². The van der Waals surface area contributed by atoms with Crippen LogP contribution >= 0.6 is 0 Å². The normalized spacial score (nSPS) is 11.8. The highest BCUT2D eigenvalue weighted by atomic mass is 32.2. The van der Waals surface area contributed by atoms with E-state index in [2.05, 4.69) is 15.4 Å². The summed E-state index contributed by atoms with van der Waals surface area (Å²) in [6, 6.07) is 19.7. The van der Waals surface area contributed by atoms with Gasteiger partial charge in [0.2, 0.25) is 10.0 Å². The molecule has 0 fully saturated rings. The van der Waals surface area contributed by atoms with E-state index in [0.29, 0.717) is 28.3 Å². The third-order valence-electron chi connectivity index (χ3n) is 4.81. The summed E-state index contributed by atoms with van der Waals surface area (Å²) in [6.07, 6.45) is 1.07. The van der Waals surface area contributed by atoms with Gasteiger partial charge in [0.25, 0.3) is 11.8 Å². The van der Waals surface area contributed by atoms with Crippen molar-refractivity contribution >= 4 is 33.2 Å². The fraction of sp³-hybridized carbons (Fsp3) is 0.167. The molecule has 1 atom stereocenters. The zero-order valence-corrected chi connectivity index (χ0v) is 19.3. The molecule has 0 saturated carbocycles. The number of anilines is 2. The van der Waals surface area contributed by atoms with Crippen molar-refractivity contribution in [2.45, 2.75) is 13.0 Å². The van der Waals surface area contributed by atoms with Crippen molar-refractivity contribution in [2.24, 2.45) is 0 Å². The number of para-hydroxylation sites is 1. The smallest absolute Gasteiger partial charge is 0.255 e. The van der Waals surface area contributed by atoms with E-state index in [1.165, 1.54) is 0 Å². The average molecular weight is 468 g/mol. The molecule has 3 aromatic rings. The zero-order chi connectivity index (χ0) is 24.0.